The third-order valence-electron chi connectivity index (χ3n) is 7.08. The van der Waals surface area contributed by atoms with Crippen molar-refractivity contribution in [2.75, 3.05) is 0 Å². The van der Waals surface area contributed by atoms with Gasteiger partial charge in [0.1, 0.15) is 23.0 Å². The maximum Gasteiger partial charge on any atom is 0.115 e. The fourth-order valence-corrected chi connectivity index (χ4v) is 5.00. The van der Waals surface area contributed by atoms with Crippen LogP contribution in [0.2, 0.25) is 0 Å². The number of rotatable bonds is 4. The van der Waals surface area contributed by atoms with Gasteiger partial charge in [-0.1, -0.05) is 68.3 Å². The lowest BCUT2D eigenvalue weighted by atomic mass is 9.73. The SMILES string of the molecule is CC(c1ccc(O)cc1)c1ccc(O)cc1.Oc1ccc(C2(c3ccc(O)cc3)CCCC2)cc1. The summed E-state index contributed by atoms with van der Waals surface area (Å²) in [4.78, 5) is 0. The Morgan fingerprint density at radius 2 is 0.771 bits per heavy atom. The Bertz CT molecular complexity index is 1110. The van der Waals surface area contributed by atoms with Gasteiger partial charge in [0.2, 0.25) is 0 Å². The van der Waals surface area contributed by atoms with Gasteiger partial charge in [0, 0.05) is 11.3 Å². The van der Waals surface area contributed by atoms with E-state index in [0.717, 1.165) is 24.0 Å². The van der Waals surface area contributed by atoms with Crippen molar-refractivity contribution in [3.63, 3.8) is 0 Å². The summed E-state index contributed by atoms with van der Waals surface area (Å²) in [6.45, 7) is 2.10. The van der Waals surface area contributed by atoms with E-state index in [1.807, 2.05) is 48.5 Å². The predicted molar refractivity (Wildman–Crippen MR) is 139 cm³/mol. The van der Waals surface area contributed by atoms with Gasteiger partial charge in [-0.15, -0.1) is 0 Å². The summed E-state index contributed by atoms with van der Waals surface area (Å²) in [6.07, 6.45) is 4.70. The van der Waals surface area contributed by atoms with Crippen molar-refractivity contribution in [3.05, 3.63) is 119 Å². The Balaban J connectivity index is 0.000000168. The number of phenolic OH excluding ortho intramolecular Hbond substituents is 4. The van der Waals surface area contributed by atoms with Crippen LogP contribution in [0.5, 0.6) is 23.0 Å². The van der Waals surface area contributed by atoms with E-state index < -0.39 is 0 Å². The first kappa shape index (κ1) is 24.2. The van der Waals surface area contributed by atoms with Crippen molar-refractivity contribution in [2.24, 2.45) is 0 Å². The van der Waals surface area contributed by atoms with Gasteiger partial charge in [-0.25, -0.2) is 0 Å². The average molecular weight is 469 g/mol. The third-order valence-corrected chi connectivity index (χ3v) is 7.08. The van der Waals surface area contributed by atoms with Crippen molar-refractivity contribution >= 4 is 0 Å². The van der Waals surface area contributed by atoms with Crippen molar-refractivity contribution in [3.8, 4) is 23.0 Å². The molecule has 4 N–H and O–H groups in total. The number of hydrogen-bond acceptors (Lipinski definition) is 4. The zero-order valence-electron chi connectivity index (χ0n) is 19.9. The summed E-state index contributed by atoms with van der Waals surface area (Å²) in [7, 11) is 0. The Morgan fingerprint density at radius 1 is 0.486 bits per heavy atom. The zero-order valence-corrected chi connectivity index (χ0v) is 19.9. The number of aromatic hydroxyl groups is 4. The molecule has 0 aromatic heterocycles. The van der Waals surface area contributed by atoms with Crippen molar-refractivity contribution in [1.29, 1.82) is 0 Å². The van der Waals surface area contributed by atoms with E-state index in [1.54, 1.807) is 48.5 Å². The molecule has 4 aromatic rings. The minimum atomic E-state index is 0.0431. The molecule has 0 spiro atoms. The first-order chi connectivity index (χ1) is 16.9. The second kappa shape index (κ2) is 10.6. The van der Waals surface area contributed by atoms with Crippen LogP contribution in [-0.4, -0.2) is 20.4 Å². The van der Waals surface area contributed by atoms with Gasteiger partial charge in [0.25, 0.3) is 0 Å². The van der Waals surface area contributed by atoms with Gasteiger partial charge >= 0.3 is 0 Å². The molecule has 0 amide bonds. The van der Waals surface area contributed by atoms with Gasteiger partial charge in [-0.2, -0.15) is 0 Å². The fourth-order valence-electron chi connectivity index (χ4n) is 5.00. The summed E-state index contributed by atoms with van der Waals surface area (Å²) in [5, 5.41) is 37.3. The molecule has 1 aliphatic rings. The van der Waals surface area contributed by atoms with Crippen molar-refractivity contribution < 1.29 is 20.4 Å². The largest absolute Gasteiger partial charge is 0.508 e. The van der Waals surface area contributed by atoms with E-state index in [2.05, 4.69) is 6.92 Å². The Kier molecular flexibility index (Phi) is 7.31. The van der Waals surface area contributed by atoms with Crippen LogP contribution in [0.1, 0.15) is 60.8 Å². The Labute approximate surface area is 206 Å². The molecule has 0 radical (unpaired) electrons. The van der Waals surface area contributed by atoms with E-state index in [-0.39, 0.29) is 22.8 Å². The highest BCUT2D eigenvalue weighted by Crippen LogP contribution is 2.46. The van der Waals surface area contributed by atoms with Crippen LogP contribution in [0.15, 0.2) is 97.1 Å². The maximum atomic E-state index is 9.46. The van der Waals surface area contributed by atoms with E-state index >= 15 is 0 Å². The normalized spacial score (nSPS) is 14.3. The predicted octanol–water partition coefficient (Wildman–Crippen LogP) is 7.21. The maximum absolute atomic E-state index is 9.46. The van der Waals surface area contributed by atoms with E-state index in [1.165, 1.54) is 24.0 Å². The number of benzene rings is 4. The molecule has 1 saturated carbocycles. The highest BCUT2D eigenvalue weighted by atomic mass is 16.3. The molecule has 0 bridgehead atoms. The highest BCUT2D eigenvalue weighted by molar-refractivity contribution is 5.44. The van der Waals surface area contributed by atoms with Gasteiger partial charge < -0.3 is 20.4 Å². The molecule has 4 aromatic carbocycles. The topological polar surface area (TPSA) is 80.9 Å². The zero-order chi connectivity index (χ0) is 24.8. The molecule has 5 rings (SSSR count). The molecular weight excluding hydrogens is 436 g/mol. The lowest BCUT2D eigenvalue weighted by Crippen LogP contribution is -2.23. The van der Waals surface area contributed by atoms with Gasteiger partial charge in [-0.05, 0) is 83.6 Å². The van der Waals surface area contributed by atoms with E-state index in [9.17, 15) is 20.4 Å². The minimum absolute atomic E-state index is 0.0431. The van der Waals surface area contributed by atoms with Gasteiger partial charge in [0.15, 0.2) is 0 Å². The highest BCUT2D eigenvalue weighted by Gasteiger charge is 2.37. The first-order valence-electron chi connectivity index (χ1n) is 12.0. The van der Waals surface area contributed by atoms with Crippen molar-refractivity contribution in [2.45, 2.75) is 43.9 Å². The monoisotopic (exact) mass is 468 g/mol. The summed E-state index contributed by atoms with van der Waals surface area (Å²) < 4.78 is 0. The molecule has 1 fully saturated rings. The summed E-state index contributed by atoms with van der Waals surface area (Å²) in [5.41, 5.74) is 4.84. The van der Waals surface area contributed by atoms with Crippen LogP contribution in [0.4, 0.5) is 0 Å². The Morgan fingerprint density at radius 3 is 1.09 bits per heavy atom. The lowest BCUT2D eigenvalue weighted by molar-refractivity contribution is 0.471. The second-order valence-corrected chi connectivity index (χ2v) is 9.29. The molecule has 4 nitrogen and oxygen atoms in total. The molecule has 0 aliphatic heterocycles. The summed E-state index contributed by atoms with van der Waals surface area (Å²) in [6, 6.07) is 29.5. The molecule has 1 aliphatic carbocycles. The molecule has 35 heavy (non-hydrogen) atoms. The number of hydrogen-bond donors (Lipinski definition) is 4. The second-order valence-electron chi connectivity index (χ2n) is 9.29. The molecule has 0 heterocycles. The summed E-state index contributed by atoms with van der Waals surface area (Å²) >= 11 is 0. The molecule has 0 atom stereocenters. The van der Waals surface area contributed by atoms with Crippen LogP contribution >= 0.6 is 0 Å². The summed E-state index contributed by atoms with van der Waals surface area (Å²) in [5.74, 6) is 1.43. The quantitative estimate of drug-likeness (QED) is 0.255. The van der Waals surface area contributed by atoms with Gasteiger partial charge in [0.05, 0.1) is 0 Å². The Hall–Kier alpha value is -3.92. The molecule has 180 valence electrons. The third kappa shape index (κ3) is 5.60. The van der Waals surface area contributed by atoms with Crippen LogP contribution in [-0.2, 0) is 5.41 Å². The molecular formula is C31H32O4. The van der Waals surface area contributed by atoms with Crippen LogP contribution in [0, 0.1) is 0 Å². The first-order valence-corrected chi connectivity index (χ1v) is 12.0. The lowest BCUT2D eigenvalue weighted by Gasteiger charge is -2.30. The van der Waals surface area contributed by atoms with Crippen LogP contribution in [0.25, 0.3) is 0 Å². The minimum Gasteiger partial charge on any atom is -0.508 e. The standard InChI is InChI=1S/C17H18O2.C14H14O2/c18-15-7-3-13(4-8-15)17(11-1-2-12-17)14-5-9-16(19)10-6-14;1-10(11-2-6-13(15)7-3-11)12-4-8-14(16)9-5-12/h3-10,18-19H,1-2,11-12H2;2-10,15-16H,1H3. The van der Waals surface area contributed by atoms with E-state index in [0.29, 0.717) is 11.5 Å². The molecule has 0 unspecified atom stereocenters. The van der Waals surface area contributed by atoms with Crippen LogP contribution in [0.3, 0.4) is 0 Å². The molecule has 0 saturated heterocycles. The smallest absolute Gasteiger partial charge is 0.115 e. The number of phenols is 4. The van der Waals surface area contributed by atoms with E-state index in [4.69, 9.17) is 0 Å². The van der Waals surface area contributed by atoms with Gasteiger partial charge in [-0.3, -0.25) is 0 Å². The van der Waals surface area contributed by atoms with Crippen molar-refractivity contribution in [1.82, 2.24) is 0 Å². The molecule has 4 heteroatoms. The van der Waals surface area contributed by atoms with Crippen LogP contribution < -0.4 is 0 Å². The average Bonchev–Trinajstić information content (AvgIpc) is 3.37. The fraction of sp³-hybridized carbons (Fsp3) is 0.226.